The molecule has 2 N–H and O–H groups in total. The van der Waals surface area contributed by atoms with Gasteiger partial charge >= 0.3 is 0 Å². The first kappa shape index (κ1) is 20.8. The fraction of sp³-hybridized carbons (Fsp3) is 0.591. The smallest absolute Gasteiger partial charge is 0.251 e. The first-order valence-corrected chi connectivity index (χ1v) is 10.8. The molecule has 0 bridgehead atoms. The molecule has 3 heterocycles. The third-order valence-electron chi connectivity index (χ3n) is 6.93. The zero-order valence-electron chi connectivity index (χ0n) is 17.5. The first-order chi connectivity index (χ1) is 14.5. The molecular formula is C22H30N4O4. The standard InChI is InChI=1S/C22H30N4O4/c1-30-18-8-4-3-7-16(18)26-19(27)15-17(20(26)28)24-13-9-22(10-14-24,21(23)29)25-11-5-2-6-12-25/h3-4,7-8,17H,2,5-6,9-15H2,1H3,(H2,23,29)/t17-/m0/s1. The quantitative estimate of drug-likeness (QED) is 0.726. The number of nitrogens with two attached hydrogens (primary N) is 1. The summed E-state index contributed by atoms with van der Waals surface area (Å²) in [6.45, 7) is 2.93. The van der Waals surface area contributed by atoms with Crippen molar-refractivity contribution in [2.24, 2.45) is 5.73 Å². The van der Waals surface area contributed by atoms with Crippen LogP contribution in [0.5, 0.6) is 5.75 Å². The van der Waals surface area contributed by atoms with Gasteiger partial charge in [-0.2, -0.15) is 0 Å². The van der Waals surface area contributed by atoms with E-state index in [0.717, 1.165) is 25.9 Å². The zero-order chi connectivity index (χ0) is 21.3. The average Bonchev–Trinajstić information content (AvgIpc) is 3.08. The minimum Gasteiger partial charge on any atom is -0.495 e. The molecule has 0 saturated carbocycles. The summed E-state index contributed by atoms with van der Waals surface area (Å²) in [7, 11) is 1.52. The molecule has 3 amide bonds. The van der Waals surface area contributed by atoms with Gasteiger partial charge in [-0.25, -0.2) is 4.90 Å². The maximum atomic E-state index is 13.2. The highest BCUT2D eigenvalue weighted by molar-refractivity contribution is 6.23. The number of imide groups is 1. The van der Waals surface area contributed by atoms with Gasteiger partial charge in [-0.3, -0.25) is 24.2 Å². The number of benzene rings is 1. The summed E-state index contributed by atoms with van der Waals surface area (Å²) in [6, 6.07) is 6.55. The van der Waals surface area contributed by atoms with E-state index in [1.54, 1.807) is 24.3 Å². The SMILES string of the molecule is COc1ccccc1N1C(=O)C[C@H](N2CCC(C(N)=O)(N3CCCCC3)CC2)C1=O. The second-order valence-corrected chi connectivity index (χ2v) is 8.44. The summed E-state index contributed by atoms with van der Waals surface area (Å²) >= 11 is 0. The van der Waals surface area contributed by atoms with Gasteiger partial charge in [-0.15, -0.1) is 0 Å². The van der Waals surface area contributed by atoms with E-state index in [2.05, 4.69) is 4.90 Å². The van der Waals surface area contributed by atoms with Crippen molar-refractivity contribution >= 4 is 23.4 Å². The number of carbonyl (C=O) groups is 3. The van der Waals surface area contributed by atoms with Gasteiger partial charge in [0.15, 0.2) is 0 Å². The monoisotopic (exact) mass is 414 g/mol. The lowest BCUT2D eigenvalue weighted by Gasteiger charge is -2.48. The van der Waals surface area contributed by atoms with Gasteiger partial charge in [0, 0.05) is 13.1 Å². The van der Waals surface area contributed by atoms with Crippen LogP contribution in [0.15, 0.2) is 24.3 Å². The summed E-state index contributed by atoms with van der Waals surface area (Å²) in [5.74, 6) is -0.226. The highest BCUT2D eigenvalue weighted by Gasteiger charge is 2.49. The largest absolute Gasteiger partial charge is 0.495 e. The second-order valence-electron chi connectivity index (χ2n) is 8.44. The molecule has 0 aromatic heterocycles. The normalized spacial score (nSPS) is 25.5. The van der Waals surface area contributed by atoms with Crippen LogP contribution in [-0.2, 0) is 14.4 Å². The predicted molar refractivity (Wildman–Crippen MR) is 112 cm³/mol. The summed E-state index contributed by atoms with van der Waals surface area (Å²) < 4.78 is 5.34. The average molecular weight is 415 g/mol. The number of nitrogens with zero attached hydrogens (tertiary/aromatic N) is 3. The molecule has 3 aliphatic rings. The Balaban J connectivity index is 1.49. The predicted octanol–water partition coefficient (Wildman–Crippen LogP) is 1.13. The topological polar surface area (TPSA) is 96.2 Å². The lowest BCUT2D eigenvalue weighted by molar-refractivity contribution is -0.136. The summed E-state index contributed by atoms with van der Waals surface area (Å²) in [4.78, 5) is 43.9. The van der Waals surface area contributed by atoms with Gasteiger partial charge in [0.2, 0.25) is 11.8 Å². The van der Waals surface area contributed by atoms with Gasteiger partial charge in [0.1, 0.15) is 11.3 Å². The van der Waals surface area contributed by atoms with E-state index in [1.807, 2.05) is 4.90 Å². The number of para-hydroxylation sites is 2. The van der Waals surface area contributed by atoms with E-state index in [0.29, 0.717) is 37.4 Å². The number of amides is 3. The highest BCUT2D eigenvalue weighted by Crippen LogP contribution is 2.36. The number of likely N-dealkylation sites (tertiary alicyclic amines) is 2. The van der Waals surface area contributed by atoms with E-state index in [-0.39, 0.29) is 24.1 Å². The third-order valence-corrected chi connectivity index (χ3v) is 6.93. The number of methoxy groups -OCH3 is 1. The van der Waals surface area contributed by atoms with E-state index in [4.69, 9.17) is 10.5 Å². The summed E-state index contributed by atoms with van der Waals surface area (Å²) in [6.07, 6.45) is 4.69. The molecule has 3 fully saturated rings. The Bertz CT molecular complexity index is 828. The van der Waals surface area contributed by atoms with Crippen LogP contribution in [0.3, 0.4) is 0 Å². The minimum absolute atomic E-state index is 0.143. The Hall–Kier alpha value is -2.45. The molecular weight excluding hydrogens is 384 g/mol. The number of primary amides is 1. The van der Waals surface area contributed by atoms with E-state index in [9.17, 15) is 14.4 Å². The van der Waals surface area contributed by atoms with E-state index < -0.39 is 11.6 Å². The van der Waals surface area contributed by atoms with Crippen LogP contribution in [0, 0.1) is 0 Å². The molecule has 8 heteroatoms. The molecule has 3 aliphatic heterocycles. The third kappa shape index (κ3) is 3.48. The molecule has 1 atom stereocenters. The summed E-state index contributed by atoms with van der Waals surface area (Å²) in [5.41, 5.74) is 5.72. The zero-order valence-corrected chi connectivity index (χ0v) is 17.5. The van der Waals surface area contributed by atoms with Crippen LogP contribution in [0.4, 0.5) is 5.69 Å². The number of hydrogen-bond acceptors (Lipinski definition) is 6. The molecule has 0 aliphatic carbocycles. The van der Waals surface area contributed by atoms with E-state index in [1.165, 1.54) is 18.4 Å². The van der Waals surface area contributed by atoms with Crippen LogP contribution < -0.4 is 15.4 Å². The van der Waals surface area contributed by atoms with Crippen molar-refractivity contribution in [3.63, 3.8) is 0 Å². The van der Waals surface area contributed by atoms with Crippen LogP contribution in [0.2, 0.25) is 0 Å². The molecule has 0 unspecified atom stereocenters. The van der Waals surface area contributed by atoms with Gasteiger partial charge in [-0.1, -0.05) is 18.6 Å². The molecule has 0 radical (unpaired) electrons. The van der Waals surface area contributed by atoms with Gasteiger partial charge in [0.25, 0.3) is 5.91 Å². The number of anilines is 1. The van der Waals surface area contributed by atoms with Crippen molar-refractivity contribution in [3.05, 3.63) is 24.3 Å². The molecule has 30 heavy (non-hydrogen) atoms. The maximum Gasteiger partial charge on any atom is 0.251 e. The molecule has 1 aromatic carbocycles. The molecule has 162 valence electrons. The van der Waals surface area contributed by atoms with Crippen molar-refractivity contribution in [1.82, 2.24) is 9.80 Å². The Labute approximate surface area is 176 Å². The Morgan fingerprint density at radius 1 is 1.07 bits per heavy atom. The Morgan fingerprint density at radius 3 is 2.37 bits per heavy atom. The molecule has 1 aromatic rings. The molecule has 3 saturated heterocycles. The Kier molecular flexibility index (Phi) is 5.79. The van der Waals surface area contributed by atoms with Crippen molar-refractivity contribution in [2.45, 2.75) is 50.1 Å². The number of hydrogen-bond donors (Lipinski definition) is 1. The number of rotatable bonds is 5. The van der Waals surface area contributed by atoms with Crippen molar-refractivity contribution < 1.29 is 19.1 Å². The molecule has 8 nitrogen and oxygen atoms in total. The first-order valence-electron chi connectivity index (χ1n) is 10.8. The fourth-order valence-electron chi connectivity index (χ4n) is 5.21. The fourth-order valence-corrected chi connectivity index (χ4v) is 5.21. The van der Waals surface area contributed by atoms with Crippen LogP contribution in [0.25, 0.3) is 0 Å². The summed E-state index contributed by atoms with van der Waals surface area (Å²) in [5, 5.41) is 0. The lowest BCUT2D eigenvalue weighted by Crippen LogP contribution is -2.64. The number of carbonyl (C=O) groups excluding carboxylic acids is 3. The Morgan fingerprint density at radius 2 is 1.73 bits per heavy atom. The van der Waals surface area contributed by atoms with Crippen LogP contribution >= 0.6 is 0 Å². The lowest BCUT2D eigenvalue weighted by atomic mass is 9.83. The number of ether oxygens (including phenoxy) is 1. The van der Waals surface area contributed by atoms with Crippen LogP contribution in [0.1, 0.15) is 38.5 Å². The van der Waals surface area contributed by atoms with Crippen molar-refractivity contribution in [1.29, 1.82) is 0 Å². The van der Waals surface area contributed by atoms with Gasteiger partial charge < -0.3 is 10.5 Å². The molecule has 4 rings (SSSR count). The van der Waals surface area contributed by atoms with Gasteiger partial charge in [0.05, 0.1) is 25.3 Å². The van der Waals surface area contributed by atoms with Gasteiger partial charge in [-0.05, 0) is 50.9 Å². The van der Waals surface area contributed by atoms with E-state index >= 15 is 0 Å². The van der Waals surface area contributed by atoms with Crippen molar-refractivity contribution in [2.75, 3.05) is 38.2 Å². The second kappa shape index (κ2) is 8.35. The molecule has 0 spiro atoms. The minimum atomic E-state index is -0.634. The van der Waals surface area contributed by atoms with Crippen LogP contribution in [-0.4, -0.2) is 72.4 Å². The maximum absolute atomic E-state index is 13.2. The highest BCUT2D eigenvalue weighted by atomic mass is 16.5. The number of piperidine rings is 2. The van der Waals surface area contributed by atoms with Crippen molar-refractivity contribution in [3.8, 4) is 5.75 Å².